The second-order valence-corrected chi connectivity index (χ2v) is 5.75. The first-order valence-electron chi connectivity index (χ1n) is 6.43. The fourth-order valence-electron chi connectivity index (χ4n) is 1.77. The molecule has 22 heavy (non-hydrogen) atoms. The number of allylic oxidation sites excluding steroid dienone is 3. The maximum absolute atomic E-state index is 11.9. The zero-order valence-corrected chi connectivity index (χ0v) is 13.8. The normalized spacial score (nSPS) is 11.2. The molecule has 2 aromatic rings. The molecule has 0 atom stereocenters. The van der Waals surface area contributed by atoms with Crippen molar-refractivity contribution in [3.63, 3.8) is 0 Å². The van der Waals surface area contributed by atoms with E-state index < -0.39 is 0 Å². The van der Waals surface area contributed by atoms with Gasteiger partial charge in [-0.2, -0.15) is 0 Å². The highest BCUT2D eigenvalue weighted by Gasteiger charge is 2.02. The Morgan fingerprint density at radius 3 is 2.64 bits per heavy atom. The molecule has 0 saturated carbocycles. The molecule has 0 unspecified atom stereocenters. The van der Waals surface area contributed by atoms with Crippen LogP contribution in [0.25, 0.3) is 6.08 Å². The van der Waals surface area contributed by atoms with Crippen molar-refractivity contribution in [2.45, 2.75) is 0 Å². The number of hydrogen-bond acceptors (Lipinski definition) is 5. The number of carbonyl (C=O) groups is 1. The summed E-state index contributed by atoms with van der Waals surface area (Å²) in [6.07, 6.45) is 8.48. The zero-order valence-electron chi connectivity index (χ0n) is 12.2. The largest absolute Gasteiger partial charge is 0.493 e. The molecule has 0 amide bonds. The molecule has 1 heterocycles. The fourth-order valence-corrected chi connectivity index (χ4v) is 2.65. The maximum atomic E-state index is 11.9. The smallest absolute Gasteiger partial charge is 0.256 e. The average Bonchev–Trinajstić information content (AvgIpc) is 2.97. The third-order valence-corrected chi connectivity index (χ3v) is 4.00. The van der Waals surface area contributed by atoms with E-state index in [9.17, 15) is 4.79 Å². The van der Waals surface area contributed by atoms with Crippen LogP contribution < -0.4 is 9.47 Å². The second-order valence-electron chi connectivity index (χ2n) is 4.21. The van der Waals surface area contributed by atoms with E-state index in [0.29, 0.717) is 15.5 Å². The van der Waals surface area contributed by atoms with Gasteiger partial charge in [-0.05, 0) is 29.9 Å². The molecular formula is C16H15NO3S2. The Kier molecular flexibility index (Phi) is 5.68. The Morgan fingerprint density at radius 1 is 1.23 bits per heavy atom. The van der Waals surface area contributed by atoms with E-state index in [0.717, 1.165) is 5.56 Å². The lowest BCUT2D eigenvalue weighted by molar-refractivity contribution is 0.0968. The van der Waals surface area contributed by atoms with E-state index in [-0.39, 0.29) is 5.91 Å². The minimum Gasteiger partial charge on any atom is -0.493 e. The molecule has 2 rings (SSSR count). The number of aromatic nitrogens is 1. The highest BCUT2D eigenvalue weighted by Crippen LogP contribution is 2.27. The quantitative estimate of drug-likeness (QED) is 0.467. The molecule has 0 spiro atoms. The number of hydrogen-bond donors (Lipinski definition) is 0. The first kappa shape index (κ1) is 16.2. The van der Waals surface area contributed by atoms with E-state index >= 15 is 0 Å². The molecule has 0 aliphatic carbocycles. The summed E-state index contributed by atoms with van der Waals surface area (Å²) in [6.45, 7) is 0. The molecule has 0 fully saturated rings. The van der Waals surface area contributed by atoms with Crippen LogP contribution in [0.2, 0.25) is 0 Å². The average molecular weight is 333 g/mol. The molecule has 0 saturated heterocycles. The van der Waals surface area contributed by atoms with Crippen molar-refractivity contribution in [1.82, 2.24) is 4.57 Å². The standard InChI is InChI=1S/C16H15NO3S2/c1-19-13-8-7-12(11-14(13)20-2)5-3-4-6-15(18)17-9-10-22-16(17)21/h3-11H,1-2H3. The topological polar surface area (TPSA) is 40.5 Å². The molecule has 1 aromatic carbocycles. The first-order valence-corrected chi connectivity index (χ1v) is 7.71. The van der Waals surface area contributed by atoms with Gasteiger partial charge in [0.2, 0.25) is 0 Å². The predicted octanol–water partition coefficient (Wildman–Crippen LogP) is 4.21. The summed E-state index contributed by atoms with van der Waals surface area (Å²) in [7, 11) is 3.19. The van der Waals surface area contributed by atoms with Crippen molar-refractivity contribution in [2.75, 3.05) is 14.2 Å². The molecule has 4 nitrogen and oxygen atoms in total. The van der Waals surface area contributed by atoms with E-state index in [1.54, 1.807) is 37.9 Å². The van der Waals surface area contributed by atoms with Crippen molar-refractivity contribution < 1.29 is 14.3 Å². The van der Waals surface area contributed by atoms with E-state index in [1.165, 1.54) is 22.0 Å². The SMILES string of the molecule is COc1ccc(C=CC=CC(=O)n2ccsc2=S)cc1OC. The van der Waals surface area contributed by atoms with Crippen molar-refractivity contribution in [3.05, 3.63) is 57.5 Å². The van der Waals surface area contributed by atoms with Crippen LogP contribution in [0.4, 0.5) is 0 Å². The Morgan fingerprint density at radius 2 is 2.00 bits per heavy atom. The summed E-state index contributed by atoms with van der Waals surface area (Å²) in [6, 6.07) is 5.60. The highest BCUT2D eigenvalue weighted by atomic mass is 32.1. The number of ether oxygens (including phenoxy) is 2. The molecular weight excluding hydrogens is 318 g/mol. The van der Waals surface area contributed by atoms with Gasteiger partial charge in [0.05, 0.1) is 14.2 Å². The van der Waals surface area contributed by atoms with E-state index in [1.807, 2.05) is 24.3 Å². The van der Waals surface area contributed by atoms with Crippen molar-refractivity contribution >= 4 is 35.5 Å². The van der Waals surface area contributed by atoms with Crippen LogP contribution >= 0.6 is 23.6 Å². The first-order chi connectivity index (χ1) is 10.7. The summed E-state index contributed by atoms with van der Waals surface area (Å²) >= 11 is 6.41. The summed E-state index contributed by atoms with van der Waals surface area (Å²) in [5.41, 5.74) is 0.946. The number of nitrogens with zero attached hydrogens (tertiary/aromatic N) is 1. The van der Waals surface area contributed by atoms with Gasteiger partial charge in [0.25, 0.3) is 5.91 Å². The number of carbonyl (C=O) groups excluding carboxylic acids is 1. The number of benzene rings is 1. The van der Waals surface area contributed by atoms with Gasteiger partial charge in [-0.3, -0.25) is 9.36 Å². The fraction of sp³-hybridized carbons (Fsp3) is 0.125. The van der Waals surface area contributed by atoms with Crippen molar-refractivity contribution in [1.29, 1.82) is 0 Å². The zero-order chi connectivity index (χ0) is 15.9. The lowest BCUT2D eigenvalue weighted by Gasteiger charge is -2.07. The maximum Gasteiger partial charge on any atom is 0.256 e. The monoisotopic (exact) mass is 333 g/mol. The van der Waals surface area contributed by atoms with Gasteiger partial charge in [-0.15, -0.1) is 11.3 Å². The van der Waals surface area contributed by atoms with Gasteiger partial charge in [-0.1, -0.05) is 24.3 Å². The van der Waals surface area contributed by atoms with E-state index in [4.69, 9.17) is 21.7 Å². The van der Waals surface area contributed by atoms with Crippen molar-refractivity contribution in [2.24, 2.45) is 0 Å². The third kappa shape index (κ3) is 3.93. The number of methoxy groups -OCH3 is 2. The molecule has 1 aromatic heterocycles. The Hall–Kier alpha value is -2.18. The molecule has 6 heteroatoms. The molecule has 114 valence electrons. The third-order valence-electron chi connectivity index (χ3n) is 2.86. The summed E-state index contributed by atoms with van der Waals surface area (Å²) < 4.78 is 12.4. The van der Waals surface area contributed by atoms with Crippen LogP contribution in [-0.4, -0.2) is 24.7 Å². The summed E-state index contributed by atoms with van der Waals surface area (Å²) in [4.78, 5) is 11.9. The Bertz CT molecular complexity index is 772. The van der Waals surface area contributed by atoms with Crippen LogP contribution in [-0.2, 0) is 0 Å². The van der Waals surface area contributed by atoms with E-state index in [2.05, 4.69) is 0 Å². The Labute approximate surface area is 137 Å². The van der Waals surface area contributed by atoms with Crippen LogP contribution in [0.5, 0.6) is 11.5 Å². The minimum absolute atomic E-state index is 0.164. The van der Waals surface area contributed by atoms with Crippen LogP contribution in [0.3, 0.4) is 0 Å². The molecule has 0 N–H and O–H groups in total. The number of rotatable bonds is 5. The van der Waals surface area contributed by atoms with Gasteiger partial charge < -0.3 is 9.47 Å². The summed E-state index contributed by atoms with van der Waals surface area (Å²) in [5, 5.41) is 1.79. The lowest BCUT2D eigenvalue weighted by atomic mass is 10.2. The molecule has 0 bridgehead atoms. The minimum atomic E-state index is -0.164. The second kappa shape index (κ2) is 7.72. The van der Waals surface area contributed by atoms with Crippen molar-refractivity contribution in [3.8, 4) is 11.5 Å². The van der Waals surface area contributed by atoms with Gasteiger partial charge in [0, 0.05) is 17.7 Å². The number of thiazole rings is 1. The lowest BCUT2D eigenvalue weighted by Crippen LogP contribution is -2.04. The molecule has 0 aliphatic rings. The highest BCUT2D eigenvalue weighted by molar-refractivity contribution is 7.73. The van der Waals surface area contributed by atoms with Crippen LogP contribution in [0, 0.1) is 3.95 Å². The Balaban J connectivity index is 2.06. The summed E-state index contributed by atoms with van der Waals surface area (Å²) in [5.74, 6) is 1.18. The van der Waals surface area contributed by atoms with Gasteiger partial charge >= 0.3 is 0 Å². The van der Waals surface area contributed by atoms with Gasteiger partial charge in [0.1, 0.15) is 0 Å². The van der Waals surface area contributed by atoms with Gasteiger partial charge in [-0.25, -0.2) is 0 Å². The van der Waals surface area contributed by atoms with Crippen LogP contribution in [0.15, 0.2) is 48.0 Å². The molecule has 0 aliphatic heterocycles. The van der Waals surface area contributed by atoms with Crippen LogP contribution in [0.1, 0.15) is 10.4 Å². The molecule has 0 radical (unpaired) electrons. The predicted molar refractivity (Wildman–Crippen MR) is 91.5 cm³/mol. The van der Waals surface area contributed by atoms with Gasteiger partial charge in [0.15, 0.2) is 15.5 Å².